The van der Waals surface area contributed by atoms with Crippen molar-refractivity contribution in [2.75, 3.05) is 24.2 Å². The van der Waals surface area contributed by atoms with Crippen LogP contribution in [0.1, 0.15) is 24.8 Å². The summed E-state index contributed by atoms with van der Waals surface area (Å²) in [5.74, 6) is 1.12. The molecule has 3 aromatic rings. The highest BCUT2D eigenvalue weighted by Gasteiger charge is 2.23. The van der Waals surface area contributed by atoms with Gasteiger partial charge >= 0.3 is 0 Å². The zero-order valence-electron chi connectivity index (χ0n) is 15.3. The lowest BCUT2D eigenvalue weighted by Crippen LogP contribution is -2.32. The summed E-state index contributed by atoms with van der Waals surface area (Å²) in [6.45, 7) is 3.07. The van der Waals surface area contributed by atoms with Crippen LogP contribution in [-0.4, -0.2) is 28.9 Å². The minimum absolute atomic E-state index is 0.864. The fraction of sp³-hybridized carbons (Fsp3) is 0.318. The molecular formula is C22H25N3S. The van der Waals surface area contributed by atoms with Crippen LogP contribution in [0.5, 0.6) is 0 Å². The summed E-state index contributed by atoms with van der Waals surface area (Å²) in [6.07, 6.45) is 6.00. The number of piperidine rings is 1. The minimum Gasteiger partial charge on any atom is -0.342 e. The van der Waals surface area contributed by atoms with Crippen LogP contribution in [0.15, 0.2) is 65.7 Å². The fourth-order valence-corrected chi connectivity index (χ4v) is 4.39. The van der Waals surface area contributed by atoms with E-state index >= 15 is 0 Å². The smallest absolute Gasteiger partial charge is 0.207 e. The van der Waals surface area contributed by atoms with Gasteiger partial charge in [-0.2, -0.15) is 0 Å². The van der Waals surface area contributed by atoms with Gasteiger partial charge in [-0.1, -0.05) is 60.7 Å². The maximum atomic E-state index is 5.14. The van der Waals surface area contributed by atoms with E-state index in [1.807, 2.05) is 0 Å². The minimum atomic E-state index is 0.864. The molecule has 2 aromatic carbocycles. The molecule has 1 aromatic heterocycles. The summed E-state index contributed by atoms with van der Waals surface area (Å²) in [7, 11) is 0. The first-order valence-electron chi connectivity index (χ1n) is 9.35. The van der Waals surface area contributed by atoms with Crippen LogP contribution in [0.3, 0.4) is 0 Å². The van der Waals surface area contributed by atoms with E-state index in [0.717, 1.165) is 31.3 Å². The maximum absolute atomic E-state index is 5.14. The number of anilines is 1. The van der Waals surface area contributed by atoms with Crippen LogP contribution in [0, 0.1) is 0 Å². The molecule has 2 heterocycles. The van der Waals surface area contributed by atoms with Crippen LogP contribution in [-0.2, 0) is 6.54 Å². The van der Waals surface area contributed by atoms with Gasteiger partial charge in [-0.3, -0.25) is 0 Å². The summed E-state index contributed by atoms with van der Waals surface area (Å²) in [5, 5.41) is 1.25. The Morgan fingerprint density at radius 2 is 1.54 bits per heavy atom. The molecule has 26 heavy (non-hydrogen) atoms. The van der Waals surface area contributed by atoms with Gasteiger partial charge in [0.15, 0.2) is 0 Å². The monoisotopic (exact) mass is 363 g/mol. The predicted molar refractivity (Wildman–Crippen MR) is 111 cm³/mol. The molecule has 0 atom stereocenters. The van der Waals surface area contributed by atoms with E-state index in [1.54, 1.807) is 11.8 Å². The number of benzene rings is 2. The van der Waals surface area contributed by atoms with Gasteiger partial charge in [-0.05, 0) is 31.1 Å². The molecule has 1 aliphatic rings. The Morgan fingerprint density at radius 3 is 2.19 bits per heavy atom. The first kappa shape index (κ1) is 17.2. The Bertz CT molecular complexity index is 837. The molecule has 0 radical (unpaired) electrons. The number of aromatic nitrogens is 2. The summed E-state index contributed by atoms with van der Waals surface area (Å²) in [5.41, 5.74) is 3.62. The molecule has 1 aliphatic heterocycles. The molecule has 4 rings (SSSR count). The molecule has 0 bridgehead atoms. The van der Waals surface area contributed by atoms with E-state index < -0.39 is 0 Å². The number of hydrogen-bond acceptors (Lipinski definition) is 3. The van der Waals surface area contributed by atoms with Crippen molar-refractivity contribution in [3.05, 3.63) is 66.2 Å². The Kier molecular flexibility index (Phi) is 5.30. The first-order valence-corrected chi connectivity index (χ1v) is 10.6. The van der Waals surface area contributed by atoms with Gasteiger partial charge in [0.25, 0.3) is 0 Å². The second-order valence-electron chi connectivity index (χ2n) is 6.76. The molecule has 0 unspecified atom stereocenters. The third-order valence-electron chi connectivity index (χ3n) is 4.96. The van der Waals surface area contributed by atoms with Crippen molar-refractivity contribution in [1.29, 1.82) is 0 Å². The molecule has 4 heteroatoms. The summed E-state index contributed by atoms with van der Waals surface area (Å²) in [6, 6.07) is 21.3. The van der Waals surface area contributed by atoms with E-state index in [4.69, 9.17) is 4.98 Å². The zero-order chi connectivity index (χ0) is 17.8. The van der Waals surface area contributed by atoms with E-state index in [-0.39, 0.29) is 0 Å². The number of thioether (sulfide) groups is 1. The van der Waals surface area contributed by atoms with Gasteiger partial charge in [-0.25, -0.2) is 4.98 Å². The van der Waals surface area contributed by atoms with Crippen molar-refractivity contribution in [3.63, 3.8) is 0 Å². The third-order valence-corrected chi connectivity index (χ3v) is 5.76. The molecule has 134 valence electrons. The van der Waals surface area contributed by atoms with Crippen LogP contribution < -0.4 is 4.90 Å². The fourth-order valence-electron chi connectivity index (χ4n) is 3.66. The highest BCUT2D eigenvalue weighted by molar-refractivity contribution is 7.98. The predicted octanol–water partition coefficient (Wildman–Crippen LogP) is 5.31. The largest absolute Gasteiger partial charge is 0.342 e. The normalized spacial score (nSPS) is 14.6. The Morgan fingerprint density at radius 1 is 0.885 bits per heavy atom. The summed E-state index contributed by atoms with van der Waals surface area (Å²) < 4.78 is 2.41. The standard InChI is InChI=1S/C22H25N3S/c1-26-21-20(19-13-7-3-8-14-19)23-22(24-15-9-4-10-16-24)25(21)17-18-11-5-2-6-12-18/h2-3,5-8,11-14H,4,9-10,15-17H2,1H3. The molecule has 1 saturated heterocycles. The third kappa shape index (κ3) is 3.51. The average Bonchev–Trinajstić information content (AvgIpc) is 3.08. The highest BCUT2D eigenvalue weighted by Crippen LogP contribution is 2.35. The lowest BCUT2D eigenvalue weighted by molar-refractivity contribution is 0.554. The Balaban J connectivity index is 1.81. The van der Waals surface area contributed by atoms with E-state index in [0.29, 0.717) is 0 Å². The van der Waals surface area contributed by atoms with E-state index in [1.165, 1.54) is 35.4 Å². The number of hydrogen-bond donors (Lipinski definition) is 0. The van der Waals surface area contributed by atoms with Crippen molar-refractivity contribution in [3.8, 4) is 11.3 Å². The van der Waals surface area contributed by atoms with Crippen molar-refractivity contribution < 1.29 is 0 Å². The average molecular weight is 364 g/mol. The van der Waals surface area contributed by atoms with Crippen LogP contribution in [0.2, 0.25) is 0 Å². The molecule has 1 fully saturated rings. The van der Waals surface area contributed by atoms with Gasteiger partial charge in [0.05, 0.1) is 6.54 Å². The van der Waals surface area contributed by atoms with Gasteiger partial charge in [0.2, 0.25) is 5.95 Å². The van der Waals surface area contributed by atoms with Crippen LogP contribution >= 0.6 is 11.8 Å². The van der Waals surface area contributed by atoms with Crippen molar-refractivity contribution >= 4 is 17.7 Å². The molecule has 0 aliphatic carbocycles. The topological polar surface area (TPSA) is 21.1 Å². The maximum Gasteiger partial charge on any atom is 0.207 e. The zero-order valence-corrected chi connectivity index (χ0v) is 16.1. The van der Waals surface area contributed by atoms with Gasteiger partial charge in [0.1, 0.15) is 10.7 Å². The molecule has 0 N–H and O–H groups in total. The molecule has 0 spiro atoms. The number of nitrogens with zero attached hydrogens (tertiary/aromatic N) is 3. The van der Waals surface area contributed by atoms with Gasteiger partial charge < -0.3 is 9.47 Å². The molecule has 3 nitrogen and oxygen atoms in total. The lowest BCUT2D eigenvalue weighted by Gasteiger charge is -2.28. The Labute approximate surface area is 160 Å². The lowest BCUT2D eigenvalue weighted by atomic mass is 10.1. The highest BCUT2D eigenvalue weighted by atomic mass is 32.2. The van der Waals surface area contributed by atoms with Crippen molar-refractivity contribution in [2.45, 2.75) is 30.8 Å². The Hall–Kier alpha value is -2.20. The summed E-state index contributed by atoms with van der Waals surface area (Å²) >= 11 is 1.79. The van der Waals surface area contributed by atoms with Crippen LogP contribution in [0.25, 0.3) is 11.3 Å². The second-order valence-corrected chi connectivity index (χ2v) is 7.55. The molecule has 0 amide bonds. The van der Waals surface area contributed by atoms with Crippen molar-refractivity contribution in [2.24, 2.45) is 0 Å². The van der Waals surface area contributed by atoms with E-state index in [2.05, 4.69) is 76.4 Å². The molecular weight excluding hydrogens is 338 g/mol. The van der Waals surface area contributed by atoms with Crippen molar-refractivity contribution in [1.82, 2.24) is 9.55 Å². The number of imidazole rings is 1. The SMILES string of the molecule is CSc1c(-c2ccccc2)nc(N2CCCCC2)n1Cc1ccccc1. The molecule has 0 saturated carbocycles. The van der Waals surface area contributed by atoms with E-state index in [9.17, 15) is 0 Å². The quantitative estimate of drug-likeness (QED) is 0.573. The van der Waals surface area contributed by atoms with Gasteiger partial charge in [0, 0.05) is 18.7 Å². The van der Waals surface area contributed by atoms with Crippen LogP contribution in [0.4, 0.5) is 5.95 Å². The first-order chi connectivity index (χ1) is 12.9. The van der Waals surface area contributed by atoms with Gasteiger partial charge in [-0.15, -0.1) is 11.8 Å². The second kappa shape index (κ2) is 8.00. The number of rotatable bonds is 5. The summed E-state index contributed by atoms with van der Waals surface area (Å²) in [4.78, 5) is 7.61.